The van der Waals surface area contributed by atoms with Crippen molar-refractivity contribution < 1.29 is 58.0 Å². The molecular formula is C108H244O12. The lowest BCUT2D eigenvalue weighted by Gasteiger charge is -2.31. The van der Waals surface area contributed by atoms with Crippen molar-refractivity contribution in [3.05, 3.63) is 0 Å². The van der Waals surface area contributed by atoms with Crippen LogP contribution in [0.4, 0.5) is 0 Å². The third-order valence-corrected chi connectivity index (χ3v) is 16.9. The minimum absolute atomic E-state index is 0. The highest BCUT2D eigenvalue weighted by Gasteiger charge is 2.34. The van der Waals surface area contributed by atoms with Crippen molar-refractivity contribution in [3.63, 3.8) is 0 Å². The van der Waals surface area contributed by atoms with Crippen molar-refractivity contribution in [1.82, 2.24) is 0 Å². The molecule has 6 atom stereocenters. The average Bonchev–Trinajstić information content (AvgIpc) is 1.70. The van der Waals surface area contributed by atoms with Crippen LogP contribution < -0.4 is 0 Å². The standard InChI is InChI=1S/C10H22O2.C10H20O.3C9H18O.C9H20.C8H16O2.C8H18O.C8H18.3C7H16O.7CH4/c1-10(2,3)6-9(7-11-4)8-12-5;1-9(2,3)8-10(4)6-5-7-11-10;3*1-9(2,3)7-8-5-4-6-10-8;1-8(2,3)7-9(4,5)6;1-8(2,3)6-7-9-4-5-10-7;1-7(2,3)6-8(4,5)9;1-7(2)6-8(3,4)5;1-7(2,3)5-6-8-4;2*1-6(8)5-7(2,3)4;;;;;;;/h9H,6-8H2,1-5H3;5-8H2,1-4H3;3*8H,4-7H2,1-3H3;7H2,1-6H3;7H,4-6H2,1-3H3;9H,6H2,1-5H3;7H,6H2,1-5H3;5-6H2,1-4H3;2*6,8H,5H2,1-4H3;7*1H4/t;;2*8-;;;;;;;2*6-;;;;;;;/m..10......10......./s1. The molecule has 748 valence electrons. The largest absolute Gasteiger partial charge is 0.393 e. The molecule has 5 heterocycles. The lowest BCUT2D eigenvalue weighted by Crippen LogP contribution is -2.29. The second kappa shape index (κ2) is 71.3. The summed E-state index contributed by atoms with van der Waals surface area (Å²) in [6.45, 7) is 109. The summed E-state index contributed by atoms with van der Waals surface area (Å²) in [5.74, 6) is 1.37. The van der Waals surface area contributed by atoms with Gasteiger partial charge >= 0.3 is 0 Å². The molecule has 0 amide bonds. The Hall–Kier alpha value is -0.480. The van der Waals surface area contributed by atoms with Crippen molar-refractivity contribution in [1.29, 1.82) is 0 Å². The highest BCUT2D eigenvalue weighted by atomic mass is 16.7. The lowest BCUT2D eigenvalue weighted by atomic mass is 9.78. The smallest absolute Gasteiger partial charge is 0.158 e. The van der Waals surface area contributed by atoms with E-state index in [-0.39, 0.29) is 92.3 Å². The van der Waals surface area contributed by atoms with Gasteiger partial charge in [-0.2, -0.15) is 0 Å². The zero-order chi connectivity index (χ0) is 91.0. The van der Waals surface area contributed by atoms with Crippen LogP contribution in [0.25, 0.3) is 0 Å². The van der Waals surface area contributed by atoms with E-state index in [1.807, 2.05) is 27.7 Å². The maximum Gasteiger partial charge on any atom is 0.158 e. The molecular weight excluding hydrogens is 1490 g/mol. The Labute approximate surface area is 763 Å². The molecule has 12 heteroatoms. The third-order valence-electron chi connectivity index (χ3n) is 16.9. The van der Waals surface area contributed by atoms with Crippen LogP contribution in [0.2, 0.25) is 0 Å². The van der Waals surface area contributed by atoms with Gasteiger partial charge in [0.05, 0.1) is 68.1 Å². The molecule has 2 unspecified atom stereocenters. The van der Waals surface area contributed by atoms with Crippen molar-refractivity contribution >= 4 is 0 Å². The lowest BCUT2D eigenvalue weighted by molar-refractivity contribution is -0.0654. The van der Waals surface area contributed by atoms with Crippen LogP contribution in [-0.2, 0) is 42.6 Å². The summed E-state index contributed by atoms with van der Waals surface area (Å²) >= 11 is 0. The first-order valence-corrected chi connectivity index (χ1v) is 45.2. The van der Waals surface area contributed by atoms with Crippen molar-refractivity contribution in [2.75, 3.05) is 80.8 Å². The van der Waals surface area contributed by atoms with Gasteiger partial charge in [-0.25, -0.2) is 0 Å². The van der Waals surface area contributed by atoms with E-state index >= 15 is 0 Å². The van der Waals surface area contributed by atoms with E-state index in [1.54, 1.807) is 21.3 Å². The molecule has 5 saturated heterocycles. The Morgan fingerprint density at radius 2 is 0.617 bits per heavy atom. The van der Waals surface area contributed by atoms with E-state index < -0.39 is 5.60 Å². The van der Waals surface area contributed by atoms with Crippen LogP contribution in [0.5, 0.6) is 0 Å². The zero-order valence-electron chi connectivity index (χ0n) is 86.6. The van der Waals surface area contributed by atoms with Crippen molar-refractivity contribution in [2.45, 2.75) is 547 Å². The van der Waals surface area contributed by atoms with Gasteiger partial charge in [0.25, 0.3) is 0 Å². The van der Waals surface area contributed by atoms with Crippen LogP contribution in [0.1, 0.15) is 499 Å². The minimum Gasteiger partial charge on any atom is -0.393 e. The first-order chi connectivity index (χ1) is 49.9. The van der Waals surface area contributed by atoms with E-state index in [1.165, 1.54) is 89.9 Å². The maximum absolute atomic E-state index is 9.35. The molecule has 120 heavy (non-hydrogen) atoms. The Morgan fingerprint density at radius 3 is 0.750 bits per heavy atom. The van der Waals surface area contributed by atoms with Gasteiger partial charge in [0.15, 0.2) is 6.29 Å². The molecule has 0 saturated carbocycles. The molecule has 0 spiro atoms. The third kappa shape index (κ3) is 143. The summed E-state index contributed by atoms with van der Waals surface area (Å²) in [6, 6.07) is 0. The summed E-state index contributed by atoms with van der Waals surface area (Å²) in [4.78, 5) is 0. The van der Waals surface area contributed by atoms with E-state index in [0.29, 0.717) is 78.4 Å². The molecule has 0 aromatic carbocycles. The quantitative estimate of drug-likeness (QED) is 0.135. The summed E-state index contributed by atoms with van der Waals surface area (Å²) in [6.07, 6.45) is 24.8. The number of aliphatic hydroxyl groups excluding tert-OH is 2. The predicted octanol–water partition coefficient (Wildman–Crippen LogP) is 33.8. The molecule has 0 aliphatic carbocycles. The van der Waals surface area contributed by atoms with Crippen LogP contribution in [0.15, 0.2) is 0 Å². The first kappa shape index (κ1) is 151. The number of rotatable bonds is 16. The summed E-state index contributed by atoms with van der Waals surface area (Å²) < 4.78 is 48.1. The molecule has 12 nitrogen and oxygen atoms in total. The van der Waals surface area contributed by atoms with Gasteiger partial charge in [-0.15, -0.1) is 0 Å². The van der Waals surface area contributed by atoms with Crippen LogP contribution in [0.3, 0.4) is 0 Å². The number of aliphatic hydroxyl groups is 3. The molecule has 5 aliphatic rings. The van der Waals surface area contributed by atoms with Gasteiger partial charge in [-0.1, -0.05) is 336 Å². The Kier molecular flexibility index (Phi) is 89.6. The Bertz CT molecular complexity index is 1870. The van der Waals surface area contributed by atoms with Crippen LogP contribution in [0, 0.1) is 82.2 Å². The van der Waals surface area contributed by atoms with Gasteiger partial charge in [-0.3, -0.25) is 0 Å². The number of methoxy groups -OCH3 is 3. The second-order valence-corrected chi connectivity index (χ2v) is 51.4. The maximum atomic E-state index is 9.35. The fourth-order valence-corrected chi connectivity index (χ4v) is 15.4. The fraction of sp³-hybridized carbons (Fsp3) is 1.00. The fourth-order valence-electron chi connectivity index (χ4n) is 15.4. The van der Waals surface area contributed by atoms with Crippen molar-refractivity contribution in [2.24, 2.45) is 82.2 Å². The van der Waals surface area contributed by atoms with Gasteiger partial charge in [0.2, 0.25) is 0 Å². The van der Waals surface area contributed by atoms with Gasteiger partial charge < -0.3 is 58.0 Å². The van der Waals surface area contributed by atoms with Gasteiger partial charge in [0.1, 0.15) is 0 Å². The molecule has 0 aromatic heterocycles. The number of hydrogen-bond acceptors (Lipinski definition) is 12. The Balaban J connectivity index is -0.0000000848. The average molecular weight is 1740 g/mol. The topological polar surface area (TPSA) is 144 Å². The van der Waals surface area contributed by atoms with Gasteiger partial charge in [-0.05, 0) is 233 Å². The zero-order valence-corrected chi connectivity index (χ0v) is 86.6. The van der Waals surface area contributed by atoms with E-state index in [2.05, 4.69) is 291 Å². The molecule has 3 N–H and O–H groups in total. The normalized spacial score (nSPS) is 18.8. The SMILES string of the molecule is C.C.C.C.C.C.C.CC(C)(C)CC(C)(C)C.CC(C)(C)CC(C)(C)O.CC(C)(C)CC1(C)CCCO1.CC(C)(C)CC1CCCO1.CC(C)(C)CC1OCCO1.CC(C)(C)C[C@@H]1CCCO1.CC(C)(C)C[C@H]1CCCO1.CC(C)CC(C)(C)C.COCC(COC)CC(C)(C)C.COCCC(C)(C)C.C[C@@H](O)CC(C)(C)C.C[C@H](O)CC(C)(C)C. The monoisotopic (exact) mass is 1730 g/mol. The molecule has 5 rings (SSSR count). The van der Waals surface area contributed by atoms with Gasteiger partial charge in [0, 0.05) is 66.7 Å². The molecule has 5 fully saturated rings. The number of hydrogen-bond donors (Lipinski definition) is 3. The summed E-state index contributed by atoms with van der Waals surface area (Å²) in [7, 11) is 5.22. The van der Waals surface area contributed by atoms with Crippen LogP contribution in [-0.4, -0.2) is 144 Å². The van der Waals surface area contributed by atoms with E-state index in [4.69, 9.17) is 52.8 Å². The van der Waals surface area contributed by atoms with Crippen LogP contribution >= 0.6 is 0 Å². The first-order valence-electron chi connectivity index (χ1n) is 45.2. The molecule has 5 aliphatic heterocycles. The Morgan fingerprint density at radius 1 is 0.325 bits per heavy atom. The predicted molar refractivity (Wildman–Crippen MR) is 545 cm³/mol. The summed E-state index contributed by atoms with van der Waals surface area (Å²) in [5.41, 5.74) is 4.76. The summed E-state index contributed by atoms with van der Waals surface area (Å²) in [5, 5.41) is 27.1. The molecule has 0 radical (unpaired) electrons. The van der Waals surface area contributed by atoms with Crippen molar-refractivity contribution in [3.8, 4) is 0 Å². The highest BCUT2D eigenvalue weighted by molar-refractivity contribution is 4.85. The number of ether oxygens (including phenoxy) is 9. The van der Waals surface area contributed by atoms with E-state index in [0.717, 1.165) is 104 Å². The second-order valence-electron chi connectivity index (χ2n) is 51.4. The molecule has 0 aromatic rings. The minimum atomic E-state index is -0.516. The highest BCUT2D eigenvalue weighted by Crippen LogP contribution is 2.38. The molecule has 0 bridgehead atoms. The van der Waals surface area contributed by atoms with E-state index in [9.17, 15) is 5.11 Å².